The van der Waals surface area contributed by atoms with Crippen molar-refractivity contribution in [2.75, 3.05) is 28.6 Å². The highest BCUT2D eigenvalue weighted by atomic mass is 16.6. The molecule has 1 fully saturated rings. The lowest BCUT2D eigenvalue weighted by Gasteiger charge is -2.32. The number of nitrogens with zero attached hydrogens (tertiary/aromatic N) is 2. The second-order valence-electron chi connectivity index (χ2n) is 7.38. The molecule has 1 atom stereocenters. The van der Waals surface area contributed by atoms with Gasteiger partial charge >= 0.3 is 0 Å². The van der Waals surface area contributed by atoms with Crippen LogP contribution in [0.4, 0.5) is 22.7 Å². The first-order valence-electron chi connectivity index (χ1n) is 9.59. The normalized spacial score (nSPS) is 15.7. The van der Waals surface area contributed by atoms with Crippen molar-refractivity contribution in [2.45, 2.75) is 32.7 Å². The fourth-order valence-corrected chi connectivity index (χ4v) is 3.30. The number of carbonyl (C=O) groups is 1. The zero-order valence-electron chi connectivity index (χ0n) is 16.2. The minimum absolute atomic E-state index is 0.0545. The van der Waals surface area contributed by atoms with Gasteiger partial charge in [-0.25, -0.2) is 0 Å². The average Bonchev–Trinajstić information content (AvgIpc) is 2.69. The summed E-state index contributed by atoms with van der Waals surface area (Å²) in [6.07, 6.45) is 2.43. The number of piperidine rings is 1. The van der Waals surface area contributed by atoms with Gasteiger partial charge in [0.1, 0.15) is 6.04 Å². The Labute approximate surface area is 164 Å². The van der Waals surface area contributed by atoms with Crippen LogP contribution in [0.5, 0.6) is 0 Å². The van der Waals surface area contributed by atoms with Crippen LogP contribution in [0.15, 0.2) is 48.5 Å². The summed E-state index contributed by atoms with van der Waals surface area (Å²) in [4.78, 5) is 25.1. The summed E-state index contributed by atoms with van der Waals surface area (Å²) < 4.78 is 0. The Morgan fingerprint density at radius 2 is 1.82 bits per heavy atom. The number of nitrogens with one attached hydrogen (secondary N) is 2. The molecule has 0 saturated carbocycles. The van der Waals surface area contributed by atoms with Crippen molar-refractivity contribution in [3.05, 3.63) is 58.6 Å². The number of nitro groups is 1. The van der Waals surface area contributed by atoms with E-state index in [0.29, 0.717) is 5.69 Å². The maximum Gasteiger partial charge on any atom is 0.271 e. The van der Waals surface area contributed by atoms with E-state index in [9.17, 15) is 14.9 Å². The Hall–Kier alpha value is -3.09. The Kier molecular flexibility index (Phi) is 6.13. The van der Waals surface area contributed by atoms with E-state index in [-0.39, 0.29) is 11.6 Å². The molecule has 1 saturated heterocycles. The van der Waals surface area contributed by atoms with Gasteiger partial charge in [-0.1, -0.05) is 13.0 Å². The number of non-ortho nitro benzene ring substituents is 1. The number of amides is 1. The summed E-state index contributed by atoms with van der Waals surface area (Å²) in [5.41, 5.74) is 2.41. The molecular formula is C21H26N4O3. The van der Waals surface area contributed by atoms with Crippen molar-refractivity contribution in [3.8, 4) is 0 Å². The first-order chi connectivity index (χ1) is 13.4. The molecule has 0 aromatic heterocycles. The van der Waals surface area contributed by atoms with Crippen molar-refractivity contribution in [1.29, 1.82) is 0 Å². The standard InChI is InChI=1S/C21H26N4O3/c1-15-10-12-24(13-11-15)19-8-6-17(7-9-19)22-16(2)21(26)23-18-4-3-5-20(14-18)25(27)28/h3-9,14-16,22H,10-13H2,1-2H3,(H,23,26)/t16-/m1/s1. The van der Waals surface area contributed by atoms with Crippen molar-refractivity contribution < 1.29 is 9.72 Å². The predicted molar refractivity (Wildman–Crippen MR) is 112 cm³/mol. The Bertz CT molecular complexity index is 830. The van der Waals surface area contributed by atoms with Crippen LogP contribution in [0, 0.1) is 16.0 Å². The van der Waals surface area contributed by atoms with Crippen LogP contribution in [0.2, 0.25) is 0 Å². The van der Waals surface area contributed by atoms with Gasteiger partial charge in [0.25, 0.3) is 5.69 Å². The lowest BCUT2D eigenvalue weighted by atomic mass is 9.99. The molecule has 2 aromatic rings. The number of rotatable bonds is 6. The quantitative estimate of drug-likeness (QED) is 0.575. The SMILES string of the molecule is CC1CCN(c2ccc(N[C@H](C)C(=O)Nc3cccc([N+](=O)[O-])c3)cc2)CC1. The minimum Gasteiger partial charge on any atom is -0.374 e. The van der Waals surface area contributed by atoms with Gasteiger partial charge in [-0.15, -0.1) is 0 Å². The Balaban J connectivity index is 1.56. The van der Waals surface area contributed by atoms with E-state index in [4.69, 9.17) is 0 Å². The van der Waals surface area contributed by atoms with Crippen LogP contribution in [-0.4, -0.2) is 30.0 Å². The van der Waals surface area contributed by atoms with Gasteiger partial charge in [0.2, 0.25) is 5.91 Å². The highest BCUT2D eigenvalue weighted by molar-refractivity contribution is 5.96. The van der Waals surface area contributed by atoms with Gasteiger partial charge in [0.15, 0.2) is 0 Å². The first-order valence-corrected chi connectivity index (χ1v) is 9.59. The second kappa shape index (κ2) is 8.73. The van der Waals surface area contributed by atoms with E-state index in [1.54, 1.807) is 19.1 Å². The van der Waals surface area contributed by atoms with Crippen molar-refractivity contribution in [1.82, 2.24) is 0 Å². The molecule has 7 nitrogen and oxygen atoms in total. The maximum absolute atomic E-state index is 12.4. The number of anilines is 3. The summed E-state index contributed by atoms with van der Waals surface area (Å²) in [5, 5.41) is 16.7. The zero-order chi connectivity index (χ0) is 20.1. The molecule has 0 unspecified atom stereocenters. The van der Waals surface area contributed by atoms with Crippen LogP contribution in [0.25, 0.3) is 0 Å². The van der Waals surface area contributed by atoms with Gasteiger partial charge in [-0.3, -0.25) is 14.9 Å². The maximum atomic E-state index is 12.4. The average molecular weight is 382 g/mol. The van der Waals surface area contributed by atoms with Crippen molar-refractivity contribution >= 4 is 28.7 Å². The zero-order valence-corrected chi connectivity index (χ0v) is 16.2. The predicted octanol–water partition coefficient (Wildman–Crippen LogP) is 4.27. The molecule has 0 aliphatic carbocycles. The molecule has 3 rings (SSSR count). The monoisotopic (exact) mass is 382 g/mol. The molecule has 0 spiro atoms. The molecule has 1 aliphatic rings. The molecule has 0 radical (unpaired) electrons. The smallest absolute Gasteiger partial charge is 0.271 e. The fraction of sp³-hybridized carbons (Fsp3) is 0.381. The van der Waals surface area contributed by atoms with Gasteiger partial charge in [-0.05, 0) is 56.0 Å². The van der Waals surface area contributed by atoms with E-state index >= 15 is 0 Å². The third-order valence-electron chi connectivity index (χ3n) is 5.12. The number of hydrogen-bond donors (Lipinski definition) is 2. The van der Waals surface area contributed by atoms with Gasteiger partial charge in [0, 0.05) is 42.3 Å². The molecule has 7 heteroatoms. The molecule has 1 amide bonds. The summed E-state index contributed by atoms with van der Waals surface area (Å²) in [7, 11) is 0. The van der Waals surface area contributed by atoms with Gasteiger partial charge in [0.05, 0.1) is 4.92 Å². The molecule has 28 heavy (non-hydrogen) atoms. The van der Waals surface area contributed by atoms with E-state index in [0.717, 1.165) is 24.7 Å². The lowest BCUT2D eigenvalue weighted by Crippen LogP contribution is -2.33. The largest absolute Gasteiger partial charge is 0.374 e. The van der Waals surface area contributed by atoms with Gasteiger partial charge in [-0.2, -0.15) is 0 Å². The van der Waals surface area contributed by atoms with Crippen LogP contribution >= 0.6 is 0 Å². The van der Waals surface area contributed by atoms with Gasteiger partial charge < -0.3 is 15.5 Å². The molecule has 2 aromatic carbocycles. The Morgan fingerprint density at radius 3 is 2.46 bits per heavy atom. The molecule has 0 bridgehead atoms. The highest BCUT2D eigenvalue weighted by Crippen LogP contribution is 2.24. The third kappa shape index (κ3) is 5.00. The van der Waals surface area contributed by atoms with Crippen LogP contribution < -0.4 is 15.5 Å². The molecule has 148 valence electrons. The summed E-state index contributed by atoms with van der Waals surface area (Å²) >= 11 is 0. The van der Waals surface area contributed by atoms with E-state index < -0.39 is 11.0 Å². The van der Waals surface area contributed by atoms with E-state index in [1.165, 1.54) is 30.7 Å². The topological polar surface area (TPSA) is 87.5 Å². The van der Waals surface area contributed by atoms with Crippen LogP contribution in [-0.2, 0) is 4.79 Å². The molecular weight excluding hydrogens is 356 g/mol. The fourth-order valence-electron chi connectivity index (χ4n) is 3.30. The van der Waals surface area contributed by atoms with E-state index in [2.05, 4.69) is 34.6 Å². The van der Waals surface area contributed by atoms with Crippen molar-refractivity contribution in [2.24, 2.45) is 5.92 Å². The molecule has 2 N–H and O–H groups in total. The summed E-state index contributed by atoms with van der Waals surface area (Å²) in [6.45, 7) is 6.21. The first kappa shape index (κ1) is 19.7. The summed E-state index contributed by atoms with van der Waals surface area (Å²) in [5.74, 6) is 0.539. The number of hydrogen-bond acceptors (Lipinski definition) is 5. The van der Waals surface area contributed by atoms with Crippen LogP contribution in [0.3, 0.4) is 0 Å². The number of carbonyl (C=O) groups excluding carboxylic acids is 1. The minimum atomic E-state index is -0.485. The molecule has 1 aliphatic heterocycles. The highest BCUT2D eigenvalue weighted by Gasteiger charge is 2.17. The molecule has 1 heterocycles. The third-order valence-corrected chi connectivity index (χ3v) is 5.12. The number of benzene rings is 2. The lowest BCUT2D eigenvalue weighted by molar-refractivity contribution is -0.384. The van der Waals surface area contributed by atoms with Crippen LogP contribution in [0.1, 0.15) is 26.7 Å². The second-order valence-corrected chi connectivity index (χ2v) is 7.38. The van der Waals surface area contributed by atoms with Crippen molar-refractivity contribution in [3.63, 3.8) is 0 Å². The van der Waals surface area contributed by atoms with E-state index in [1.807, 2.05) is 12.1 Å². The summed E-state index contributed by atoms with van der Waals surface area (Å²) in [6, 6.07) is 13.5. The Morgan fingerprint density at radius 1 is 1.14 bits per heavy atom. The number of nitro benzene ring substituents is 1.